The summed E-state index contributed by atoms with van der Waals surface area (Å²) < 4.78 is 14.4. The molecule has 0 bridgehead atoms. The first-order valence-electron chi connectivity index (χ1n) is 9.79. The summed E-state index contributed by atoms with van der Waals surface area (Å²) in [7, 11) is 1.66. The SMILES string of the molecule is COc1ccc(CSc2nnc(COc3ccccc3C)n2-c2ccccc2)cc1Br. The van der Waals surface area contributed by atoms with Crippen molar-refractivity contribution in [3.8, 4) is 17.2 Å². The first-order valence-corrected chi connectivity index (χ1v) is 11.6. The van der Waals surface area contributed by atoms with Crippen molar-refractivity contribution < 1.29 is 9.47 Å². The van der Waals surface area contributed by atoms with Gasteiger partial charge in [0.05, 0.1) is 11.6 Å². The number of rotatable bonds is 8. The fourth-order valence-electron chi connectivity index (χ4n) is 3.13. The normalized spacial score (nSPS) is 10.8. The van der Waals surface area contributed by atoms with E-state index in [0.29, 0.717) is 6.61 Å². The molecule has 0 saturated carbocycles. The molecule has 1 heterocycles. The minimum Gasteiger partial charge on any atom is -0.496 e. The van der Waals surface area contributed by atoms with Gasteiger partial charge >= 0.3 is 0 Å². The van der Waals surface area contributed by atoms with E-state index in [0.717, 1.165) is 49.5 Å². The number of methoxy groups -OCH3 is 1. The molecule has 0 amide bonds. The third kappa shape index (κ3) is 5.11. The van der Waals surface area contributed by atoms with Crippen LogP contribution in [-0.4, -0.2) is 21.9 Å². The number of para-hydroxylation sites is 2. The Kier molecular flexibility index (Phi) is 6.94. The summed E-state index contributed by atoms with van der Waals surface area (Å²) in [6.45, 7) is 2.37. The Morgan fingerprint density at radius 3 is 2.45 bits per heavy atom. The van der Waals surface area contributed by atoms with Crippen molar-refractivity contribution in [3.05, 3.63) is 94.2 Å². The summed E-state index contributed by atoms with van der Waals surface area (Å²) in [5.74, 6) is 3.18. The number of hydrogen-bond donors (Lipinski definition) is 0. The Morgan fingerprint density at radius 2 is 1.71 bits per heavy atom. The van der Waals surface area contributed by atoms with Gasteiger partial charge in [0.15, 0.2) is 11.0 Å². The predicted octanol–water partition coefficient (Wildman–Crippen LogP) is 6.22. The molecular weight excluding hydrogens is 474 g/mol. The molecule has 0 aliphatic heterocycles. The molecular formula is C24H22BrN3O2S. The second-order valence-electron chi connectivity index (χ2n) is 6.88. The van der Waals surface area contributed by atoms with Gasteiger partial charge in [0, 0.05) is 11.4 Å². The number of thioether (sulfide) groups is 1. The van der Waals surface area contributed by atoms with Crippen LogP contribution in [0.3, 0.4) is 0 Å². The average molecular weight is 496 g/mol. The number of benzene rings is 3. The van der Waals surface area contributed by atoms with Crippen LogP contribution in [-0.2, 0) is 12.4 Å². The van der Waals surface area contributed by atoms with Gasteiger partial charge in [0.1, 0.15) is 18.1 Å². The number of hydrogen-bond acceptors (Lipinski definition) is 5. The van der Waals surface area contributed by atoms with E-state index in [2.05, 4.69) is 55.0 Å². The number of aromatic nitrogens is 3. The smallest absolute Gasteiger partial charge is 0.196 e. The average Bonchev–Trinajstić information content (AvgIpc) is 3.20. The highest BCUT2D eigenvalue weighted by atomic mass is 79.9. The molecule has 0 saturated heterocycles. The molecule has 4 aromatic rings. The van der Waals surface area contributed by atoms with Gasteiger partial charge in [0.2, 0.25) is 0 Å². The third-order valence-electron chi connectivity index (χ3n) is 4.75. The van der Waals surface area contributed by atoms with E-state index in [1.807, 2.05) is 55.5 Å². The predicted molar refractivity (Wildman–Crippen MR) is 127 cm³/mol. The zero-order valence-corrected chi connectivity index (χ0v) is 19.7. The maximum atomic E-state index is 6.05. The van der Waals surface area contributed by atoms with Crippen molar-refractivity contribution in [3.63, 3.8) is 0 Å². The van der Waals surface area contributed by atoms with Crippen LogP contribution in [0.25, 0.3) is 5.69 Å². The lowest BCUT2D eigenvalue weighted by atomic mass is 10.2. The van der Waals surface area contributed by atoms with Gasteiger partial charge in [0.25, 0.3) is 0 Å². The van der Waals surface area contributed by atoms with Gasteiger partial charge in [-0.25, -0.2) is 0 Å². The van der Waals surface area contributed by atoms with Crippen molar-refractivity contribution in [2.75, 3.05) is 7.11 Å². The Labute approximate surface area is 194 Å². The lowest BCUT2D eigenvalue weighted by Crippen LogP contribution is -2.07. The summed E-state index contributed by atoms with van der Waals surface area (Å²) in [6.07, 6.45) is 0. The van der Waals surface area contributed by atoms with Crippen LogP contribution < -0.4 is 9.47 Å². The van der Waals surface area contributed by atoms with Crippen molar-refractivity contribution in [1.29, 1.82) is 0 Å². The van der Waals surface area contributed by atoms with Crippen LogP contribution in [0.4, 0.5) is 0 Å². The van der Waals surface area contributed by atoms with E-state index >= 15 is 0 Å². The van der Waals surface area contributed by atoms with Gasteiger partial charge in [-0.05, 0) is 64.3 Å². The van der Waals surface area contributed by atoms with Gasteiger partial charge in [-0.3, -0.25) is 4.57 Å². The zero-order chi connectivity index (χ0) is 21.6. The van der Waals surface area contributed by atoms with Gasteiger partial charge in [-0.2, -0.15) is 0 Å². The van der Waals surface area contributed by atoms with Gasteiger partial charge < -0.3 is 9.47 Å². The van der Waals surface area contributed by atoms with E-state index in [1.54, 1.807) is 18.9 Å². The summed E-state index contributed by atoms with van der Waals surface area (Å²) in [5, 5.41) is 9.71. The largest absolute Gasteiger partial charge is 0.496 e. The van der Waals surface area contributed by atoms with Crippen molar-refractivity contribution >= 4 is 27.7 Å². The molecule has 0 aliphatic rings. The highest BCUT2D eigenvalue weighted by Gasteiger charge is 2.16. The van der Waals surface area contributed by atoms with E-state index in [4.69, 9.17) is 9.47 Å². The maximum Gasteiger partial charge on any atom is 0.196 e. The first-order chi connectivity index (χ1) is 15.2. The van der Waals surface area contributed by atoms with Crippen molar-refractivity contribution in [2.45, 2.75) is 24.4 Å². The Bertz CT molecular complexity index is 1160. The van der Waals surface area contributed by atoms with E-state index in [9.17, 15) is 0 Å². The molecule has 0 N–H and O–H groups in total. The molecule has 7 heteroatoms. The topological polar surface area (TPSA) is 49.2 Å². The summed E-state index contributed by atoms with van der Waals surface area (Å²) in [5.41, 5.74) is 3.26. The van der Waals surface area contributed by atoms with Gasteiger partial charge in [-0.1, -0.05) is 54.2 Å². The Morgan fingerprint density at radius 1 is 0.935 bits per heavy atom. The lowest BCUT2D eigenvalue weighted by Gasteiger charge is -2.12. The molecule has 31 heavy (non-hydrogen) atoms. The van der Waals surface area contributed by atoms with Crippen LogP contribution in [0, 0.1) is 6.92 Å². The summed E-state index contributed by atoms with van der Waals surface area (Å²) >= 11 is 5.19. The molecule has 4 rings (SSSR count). The lowest BCUT2D eigenvalue weighted by molar-refractivity contribution is 0.291. The molecule has 5 nitrogen and oxygen atoms in total. The van der Waals surface area contributed by atoms with Crippen LogP contribution in [0.1, 0.15) is 17.0 Å². The minimum absolute atomic E-state index is 0.335. The second-order valence-corrected chi connectivity index (χ2v) is 8.68. The monoisotopic (exact) mass is 495 g/mol. The highest BCUT2D eigenvalue weighted by Crippen LogP contribution is 2.30. The third-order valence-corrected chi connectivity index (χ3v) is 6.37. The highest BCUT2D eigenvalue weighted by molar-refractivity contribution is 9.10. The van der Waals surface area contributed by atoms with Crippen molar-refractivity contribution in [1.82, 2.24) is 14.8 Å². The van der Waals surface area contributed by atoms with E-state index < -0.39 is 0 Å². The van der Waals surface area contributed by atoms with Crippen molar-refractivity contribution in [2.24, 2.45) is 0 Å². The molecule has 1 aromatic heterocycles. The Balaban J connectivity index is 1.57. The molecule has 158 valence electrons. The molecule has 0 atom stereocenters. The van der Waals surface area contributed by atoms with Gasteiger partial charge in [-0.15, -0.1) is 10.2 Å². The number of halogens is 1. The second kappa shape index (κ2) is 10.0. The summed E-state index contributed by atoms with van der Waals surface area (Å²) in [4.78, 5) is 0. The number of ether oxygens (including phenoxy) is 2. The number of nitrogens with zero attached hydrogens (tertiary/aromatic N) is 3. The molecule has 0 fully saturated rings. The molecule has 0 aliphatic carbocycles. The van der Waals surface area contributed by atoms with Crippen LogP contribution in [0.5, 0.6) is 11.5 Å². The van der Waals surface area contributed by atoms with Crippen LogP contribution >= 0.6 is 27.7 Å². The maximum absolute atomic E-state index is 6.05. The van der Waals surface area contributed by atoms with E-state index in [1.165, 1.54) is 0 Å². The fraction of sp³-hybridized carbons (Fsp3) is 0.167. The first kappa shape index (κ1) is 21.5. The van der Waals surface area contributed by atoms with Crippen LogP contribution in [0.2, 0.25) is 0 Å². The fourth-order valence-corrected chi connectivity index (χ4v) is 4.63. The van der Waals surface area contributed by atoms with Crippen LogP contribution in [0.15, 0.2) is 82.4 Å². The zero-order valence-electron chi connectivity index (χ0n) is 17.3. The summed E-state index contributed by atoms with van der Waals surface area (Å²) in [6, 6.07) is 24.2. The molecule has 0 unspecified atom stereocenters. The molecule has 3 aromatic carbocycles. The minimum atomic E-state index is 0.335. The standard InChI is InChI=1S/C24H22BrN3O2S/c1-17-8-6-7-11-21(17)30-15-23-26-27-24(28(23)19-9-4-3-5-10-19)31-16-18-12-13-22(29-2)20(25)14-18/h3-14H,15-16H2,1-2H3. The molecule has 0 radical (unpaired) electrons. The van der Waals surface area contributed by atoms with E-state index in [-0.39, 0.29) is 0 Å². The quantitative estimate of drug-likeness (QED) is 0.271. The Hall–Kier alpha value is -2.77. The number of aryl methyl sites for hydroxylation is 1. The molecule has 0 spiro atoms.